The van der Waals surface area contributed by atoms with Crippen molar-refractivity contribution in [3.05, 3.63) is 35.5 Å². The second-order valence-electron chi connectivity index (χ2n) is 5.01. The Kier molecular flexibility index (Phi) is 3.50. The van der Waals surface area contributed by atoms with Gasteiger partial charge >= 0.3 is 6.18 Å². The van der Waals surface area contributed by atoms with Gasteiger partial charge in [0.1, 0.15) is 5.82 Å². The van der Waals surface area contributed by atoms with Gasteiger partial charge in [-0.25, -0.2) is 0 Å². The highest BCUT2D eigenvalue weighted by Gasteiger charge is 2.38. The maximum atomic E-state index is 13.0. The standard InChI is InChI=1S/C14H16F3N3/c1-8(2)9-4-6-10(7-5-9)11-12(14(15,16)17)19-20(3)13(11)18/h4-8H,18H2,1-3H3. The number of halogens is 3. The number of alkyl halides is 3. The van der Waals surface area contributed by atoms with Crippen LogP contribution in [0.25, 0.3) is 11.1 Å². The van der Waals surface area contributed by atoms with Crippen LogP contribution in [-0.2, 0) is 13.2 Å². The molecular weight excluding hydrogens is 267 g/mol. The number of nitrogens with two attached hydrogens (primary N) is 1. The molecular formula is C14H16F3N3. The lowest BCUT2D eigenvalue weighted by Crippen LogP contribution is -2.08. The summed E-state index contributed by atoms with van der Waals surface area (Å²) in [5.41, 5.74) is 6.20. The number of benzene rings is 1. The first kappa shape index (κ1) is 14.4. The van der Waals surface area contributed by atoms with Crippen LogP contribution in [0.1, 0.15) is 31.0 Å². The van der Waals surface area contributed by atoms with Gasteiger partial charge in [-0.15, -0.1) is 0 Å². The lowest BCUT2D eigenvalue weighted by atomic mass is 9.98. The first-order chi connectivity index (χ1) is 9.21. The van der Waals surface area contributed by atoms with E-state index in [4.69, 9.17) is 5.73 Å². The number of hydrogen-bond donors (Lipinski definition) is 1. The average molecular weight is 283 g/mol. The molecule has 1 heterocycles. The fourth-order valence-electron chi connectivity index (χ4n) is 2.05. The highest BCUT2D eigenvalue weighted by molar-refractivity contribution is 5.77. The molecule has 0 unspecified atom stereocenters. The van der Waals surface area contributed by atoms with E-state index in [1.807, 2.05) is 26.0 Å². The van der Waals surface area contributed by atoms with Crippen molar-refractivity contribution in [2.24, 2.45) is 7.05 Å². The normalized spacial score (nSPS) is 12.2. The molecule has 0 aliphatic carbocycles. The third-order valence-corrected chi connectivity index (χ3v) is 3.23. The number of nitrogen functional groups attached to an aromatic ring is 1. The molecule has 20 heavy (non-hydrogen) atoms. The van der Waals surface area contributed by atoms with E-state index in [-0.39, 0.29) is 11.4 Å². The predicted molar refractivity (Wildman–Crippen MR) is 72.1 cm³/mol. The van der Waals surface area contributed by atoms with Crippen LogP contribution in [0, 0.1) is 0 Å². The third kappa shape index (κ3) is 2.50. The van der Waals surface area contributed by atoms with Gasteiger partial charge in [0.2, 0.25) is 0 Å². The Labute approximate surface area is 115 Å². The van der Waals surface area contributed by atoms with Crippen LogP contribution in [0.5, 0.6) is 0 Å². The SMILES string of the molecule is CC(C)c1ccc(-c2c(C(F)(F)F)nn(C)c2N)cc1. The van der Waals surface area contributed by atoms with Crippen LogP contribution in [0.15, 0.2) is 24.3 Å². The molecule has 0 spiro atoms. The van der Waals surface area contributed by atoms with Crippen LogP contribution in [0.3, 0.4) is 0 Å². The first-order valence-corrected chi connectivity index (χ1v) is 6.21. The van der Waals surface area contributed by atoms with E-state index in [1.165, 1.54) is 7.05 Å². The number of nitrogens with zero attached hydrogens (tertiary/aromatic N) is 2. The van der Waals surface area contributed by atoms with Gasteiger partial charge in [0, 0.05) is 7.05 Å². The van der Waals surface area contributed by atoms with E-state index in [1.54, 1.807) is 12.1 Å². The summed E-state index contributed by atoms with van der Waals surface area (Å²) in [5, 5.41) is 3.48. The van der Waals surface area contributed by atoms with Gasteiger partial charge in [-0.2, -0.15) is 18.3 Å². The second kappa shape index (κ2) is 4.85. The maximum absolute atomic E-state index is 13.0. The number of hydrogen-bond acceptors (Lipinski definition) is 2. The summed E-state index contributed by atoms with van der Waals surface area (Å²) in [4.78, 5) is 0. The Balaban J connectivity index is 2.57. The molecule has 0 amide bonds. The molecule has 2 N–H and O–H groups in total. The Morgan fingerprint density at radius 1 is 1.15 bits per heavy atom. The zero-order valence-corrected chi connectivity index (χ0v) is 11.5. The van der Waals surface area contributed by atoms with Crippen molar-refractivity contribution in [2.45, 2.75) is 25.9 Å². The predicted octanol–water partition coefficient (Wildman–Crippen LogP) is 3.81. The fraction of sp³-hybridized carbons (Fsp3) is 0.357. The molecule has 2 rings (SSSR count). The Bertz CT molecular complexity index is 610. The topological polar surface area (TPSA) is 43.8 Å². The number of aryl methyl sites for hydroxylation is 1. The van der Waals surface area contributed by atoms with Crippen LogP contribution >= 0.6 is 0 Å². The quantitative estimate of drug-likeness (QED) is 0.910. The van der Waals surface area contributed by atoms with Crippen molar-refractivity contribution in [3.63, 3.8) is 0 Å². The van der Waals surface area contributed by atoms with E-state index < -0.39 is 11.9 Å². The summed E-state index contributed by atoms with van der Waals surface area (Å²) in [6.07, 6.45) is -4.53. The van der Waals surface area contributed by atoms with Crippen LogP contribution in [0.4, 0.5) is 19.0 Å². The largest absolute Gasteiger partial charge is 0.435 e. The minimum atomic E-state index is -4.53. The maximum Gasteiger partial charge on any atom is 0.435 e. The molecule has 108 valence electrons. The molecule has 0 bridgehead atoms. The Morgan fingerprint density at radius 3 is 2.15 bits per heavy atom. The summed E-state index contributed by atoms with van der Waals surface area (Å²) >= 11 is 0. The lowest BCUT2D eigenvalue weighted by Gasteiger charge is -2.09. The molecule has 3 nitrogen and oxygen atoms in total. The summed E-state index contributed by atoms with van der Waals surface area (Å²) in [5.74, 6) is 0.326. The average Bonchev–Trinajstić information content (AvgIpc) is 2.66. The van der Waals surface area contributed by atoms with Gasteiger partial charge in [-0.3, -0.25) is 4.68 Å². The zero-order chi connectivity index (χ0) is 15.1. The van der Waals surface area contributed by atoms with Crippen molar-refractivity contribution >= 4 is 5.82 Å². The molecule has 2 aromatic rings. The van der Waals surface area contributed by atoms with Crippen molar-refractivity contribution < 1.29 is 13.2 Å². The van der Waals surface area contributed by atoms with E-state index in [9.17, 15) is 13.2 Å². The molecule has 0 radical (unpaired) electrons. The van der Waals surface area contributed by atoms with Crippen LogP contribution < -0.4 is 5.73 Å². The molecule has 0 saturated carbocycles. The summed E-state index contributed by atoms with van der Waals surface area (Å²) in [6.45, 7) is 4.04. The summed E-state index contributed by atoms with van der Waals surface area (Å²) in [6, 6.07) is 6.93. The van der Waals surface area contributed by atoms with Crippen LogP contribution in [-0.4, -0.2) is 9.78 Å². The van der Waals surface area contributed by atoms with Gasteiger partial charge in [0.15, 0.2) is 5.69 Å². The van der Waals surface area contributed by atoms with Crippen molar-refractivity contribution in [2.75, 3.05) is 5.73 Å². The molecule has 1 aromatic heterocycles. The highest BCUT2D eigenvalue weighted by Crippen LogP contribution is 2.39. The van der Waals surface area contributed by atoms with Crippen molar-refractivity contribution in [1.82, 2.24) is 9.78 Å². The number of aromatic nitrogens is 2. The van der Waals surface area contributed by atoms with E-state index in [2.05, 4.69) is 5.10 Å². The Hall–Kier alpha value is -1.98. The van der Waals surface area contributed by atoms with Gasteiger partial charge in [0.25, 0.3) is 0 Å². The van der Waals surface area contributed by atoms with Gasteiger partial charge in [-0.1, -0.05) is 38.1 Å². The van der Waals surface area contributed by atoms with Crippen LogP contribution in [0.2, 0.25) is 0 Å². The molecule has 6 heteroatoms. The van der Waals surface area contributed by atoms with Crippen molar-refractivity contribution in [3.8, 4) is 11.1 Å². The second-order valence-corrected chi connectivity index (χ2v) is 5.01. The number of rotatable bonds is 2. The molecule has 0 fully saturated rings. The van der Waals surface area contributed by atoms with E-state index in [0.717, 1.165) is 10.2 Å². The number of anilines is 1. The molecule has 0 aliphatic rings. The monoisotopic (exact) mass is 283 g/mol. The molecule has 0 aliphatic heterocycles. The minimum absolute atomic E-state index is 0.00891. The van der Waals surface area contributed by atoms with Gasteiger partial charge in [0.05, 0.1) is 5.56 Å². The van der Waals surface area contributed by atoms with Crippen molar-refractivity contribution in [1.29, 1.82) is 0 Å². The summed E-state index contributed by atoms with van der Waals surface area (Å²) in [7, 11) is 1.40. The van der Waals surface area contributed by atoms with Gasteiger partial charge in [-0.05, 0) is 17.0 Å². The highest BCUT2D eigenvalue weighted by atomic mass is 19.4. The summed E-state index contributed by atoms with van der Waals surface area (Å²) < 4.78 is 40.1. The smallest absolute Gasteiger partial charge is 0.383 e. The lowest BCUT2D eigenvalue weighted by molar-refractivity contribution is -0.140. The zero-order valence-electron chi connectivity index (χ0n) is 11.5. The third-order valence-electron chi connectivity index (χ3n) is 3.23. The molecule has 1 aromatic carbocycles. The van der Waals surface area contributed by atoms with Gasteiger partial charge < -0.3 is 5.73 Å². The molecule has 0 saturated heterocycles. The van der Waals surface area contributed by atoms with E-state index >= 15 is 0 Å². The Morgan fingerprint density at radius 2 is 1.70 bits per heavy atom. The minimum Gasteiger partial charge on any atom is -0.383 e. The first-order valence-electron chi connectivity index (χ1n) is 6.21. The molecule has 0 atom stereocenters. The fourth-order valence-corrected chi connectivity index (χ4v) is 2.05. The van der Waals surface area contributed by atoms with E-state index in [0.29, 0.717) is 11.5 Å².